The molecule has 18 heavy (non-hydrogen) atoms. The van der Waals surface area contributed by atoms with Crippen molar-refractivity contribution in [1.82, 2.24) is 9.97 Å². The fraction of sp³-hybridized carbons (Fsp3) is 0.0769. The van der Waals surface area contributed by atoms with Crippen molar-refractivity contribution in [3.8, 4) is 0 Å². The summed E-state index contributed by atoms with van der Waals surface area (Å²) in [4.78, 5) is 8.41. The molecule has 0 aliphatic rings. The summed E-state index contributed by atoms with van der Waals surface area (Å²) < 4.78 is 5.60. The van der Waals surface area contributed by atoms with Gasteiger partial charge in [-0.05, 0) is 17.7 Å². The van der Waals surface area contributed by atoms with Gasteiger partial charge in [0.1, 0.15) is 0 Å². The van der Waals surface area contributed by atoms with E-state index in [4.69, 9.17) is 21.8 Å². The van der Waals surface area contributed by atoms with Crippen LogP contribution >= 0.6 is 11.6 Å². The molecule has 3 aromatic rings. The van der Waals surface area contributed by atoms with Gasteiger partial charge in [-0.15, -0.1) is 0 Å². The van der Waals surface area contributed by atoms with Crippen LogP contribution < -0.4 is 5.73 Å². The van der Waals surface area contributed by atoms with E-state index < -0.39 is 0 Å². The molecule has 5 heteroatoms. The molecule has 0 unspecified atom stereocenters. The number of nitrogen functional groups attached to an aromatic ring is 1. The van der Waals surface area contributed by atoms with Gasteiger partial charge in [-0.3, -0.25) is 0 Å². The Labute approximate surface area is 108 Å². The first-order valence-corrected chi connectivity index (χ1v) is 5.84. The Balaban J connectivity index is 1.92. The molecular weight excluding hydrogens is 250 g/mol. The highest BCUT2D eigenvalue weighted by molar-refractivity contribution is 6.30. The Morgan fingerprint density at radius 3 is 2.78 bits per heavy atom. The molecule has 0 fully saturated rings. The number of fused-ring (bicyclic) bond motifs is 1. The van der Waals surface area contributed by atoms with Gasteiger partial charge in [-0.1, -0.05) is 23.7 Å². The largest absolute Gasteiger partial charge is 0.438 e. The number of aromatic nitrogens is 2. The van der Waals surface area contributed by atoms with Crippen LogP contribution in [0, 0.1) is 0 Å². The SMILES string of the molecule is Nc1cnc2nc(Cc3ccc(Cl)cc3)oc2c1. The Kier molecular flexibility index (Phi) is 2.64. The van der Waals surface area contributed by atoms with Gasteiger partial charge in [0.2, 0.25) is 5.89 Å². The predicted octanol–water partition coefficient (Wildman–Crippen LogP) is 3.05. The van der Waals surface area contributed by atoms with Gasteiger partial charge in [-0.25, -0.2) is 4.98 Å². The van der Waals surface area contributed by atoms with E-state index in [0.717, 1.165) is 5.56 Å². The molecule has 0 spiro atoms. The summed E-state index contributed by atoms with van der Waals surface area (Å²) in [5.74, 6) is 0.616. The van der Waals surface area contributed by atoms with Crippen molar-refractivity contribution in [2.24, 2.45) is 0 Å². The average molecular weight is 260 g/mol. The predicted molar refractivity (Wildman–Crippen MR) is 70.5 cm³/mol. The van der Waals surface area contributed by atoms with E-state index in [0.29, 0.717) is 34.3 Å². The summed E-state index contributed by atoms with van der Waals surface area (Å²) in [6, 6.07) is 9.30. The number of benzene rings is 1. The van der Waals surface area contributed by atoms with Crippen LogP contribution in [0.25, 0.3) is 11.2 Å². The van der Waals surface area contributed by atoms with E-state index in [2.05, 4.69) is 9.97 Å². The van der Waals surface area contributed by atoms with Crippen molar-refractivity contribution in [2.45, 2.75) is 6.42 Å². The maximum Gasteiger partial charge on any atom is 0.201 e. The van der Waals surface area contributed by atoms with Crippen LogP contribution in [-0.4, -0.2) is 9.97 Å². The molecule has 0 aliphatic carbocycles. The van der Waals surface area contributed by atoms with Crippen molar-refractivity contribution in [2.75, 3.05) is 5.73 Å². The Bertz CT molecular complexity index is 691. The van der Waals surface area contributed by atoms with Crippen LogP contribution in [0.4, 0.5) is 5.69 Å². The molecule has 0 saturated carbocycles. The number of hydrogen-bond donors (Lipinski definition) is 1. The Morgan fingerprint density at radius 1 is 1.22 bits per heavy atom. The lowest BCUT2D eigenvalue weighted by molar-refractivity contribution is 0.544. The number of halogens is 1. The third kappa shape index (κ3) is 2.15. The summed E-state index contributed by atoms with van der Waals surface area (Å²) >= 11 is 5.83. The van der Waals surface area contributed by atoms with E-state index >= 15 is 0 Å². The normalized spacial score (nSPS) is 10.9. The molecule has 0 aliphatic heterocycles. The van der Waals surface area contributed by atoms with E-state index in [9.17, 15) is 0 Å². The molecule has 90 valence electrons. The molecule has 2 N–H and O–H groups in total. The summed E-state index contributed by atoms with van der Waals surface area (Å²) in [5.41, 5.74) is 8.47. The second-order valence-electron chi connectivity index (χ2n) is 4.00. The lowest BCUT2D eigenvalue weighted by Gasteiger charge is -1.96. The molecule has 2 aromatic heterocycles. The van der Waals surface area contributed by atoms with Gasteiger partial charge in [0.25, 0.3) is 0 Å². The highest BCUT2D eigenvalue weighted by atomic mass is 35.5. The van der Waals surface area contributed by atoms with E-state index in [1.165, 1.54) is 0 Å². The van der Waals surface area contributed by atoms with Crippen LogP contribution in [0.5, 0.6) is 0 Å². The maximum absolute atomic E-state index is 5.83. The summed E-state index contributed by atoms with van der Waals surface area (Å²) in [6.45, 7) is 0. The number of anilines is 1. The number of oxazole rings is 1. The summed E-state index contributed by atoms with van der Waals surface area (Å²) in [6.07, 6.45) is 2.17. The Hall–Kier alpha value is -2.07. The fourth-order valence-corrected chi connectivity index (χ4v) is 1.86. The second kappa shape index (κ2) is 4.31. The van der Waals surface area contributed by atoms with Gasteiger partial charge >= 0.3 is 0 Å². The summed E-state index contributed by atoms with van der Waals surface area (Å²) in [5, 5.41) is 0.714. The maximum atomic E-state index is 5.83. The van der Waals surface area contributed by atoms with Crippen molar-refractivity contribution < 1.29 is 4.42 Å². The van der Waals surface area contributed by atoms with Crippen LogP contribution in [0.1, 0.15) is 11.5 Å². The zero-order valence-electron chi connectivity index (χ0n) is 9.43. The third-order valence-corrected chi connectivity index (χ3v) is 2.83. The quantitative estimate of drug-likeness (QED) is 0.768. The zero-order chi connectivity index (χ0) is 12.5. The zero-order valence-corrected chi connectivity index (χ0v) is 10.2. The van der Waals surface area contributed by atoms with Crippen molar-refractivity contribution in [1.29, 1.82) is 0 Å². The van der Waals surface area contributed by atoms with Gasteiger partial charge < -0.3 is 10.2 Å². The number of rotatable bonds is 2. The van der Waals surface area contributed by atoms with Gasteiger partial charge in [0.05, 0.1) is 11.9 Å². The number of hydrogen-bond acceptors (Lipinski definition) is 4. The molecule has 0 radical (unpaired) electrons. The molecule has 3 rings (SSSR count). The number of nitrogens with two attached hydrogens (primary N) is 1. The molecule has 1 aromatic carbocycles. The smallest absolute Gasteiger partial charge is 0.201 e. The highest BCUT2D eigenvalue weighted by Gasteiger charge is 2.07. The molecule has 0 bridgehead atoms. The second-order valence-corrected chi connectivity index (χ2v) is 4.44. The van der Waals surface area contributed by atoms with Crippen molar-refractivity contribution in [3.63, 3.8) is 0 Å². The molecule has 0 atom stereocenters. The van der Waals surface area contributed by atoms with Crippen LogP contribution in [0.3, 0.4) is 0 Å². The lowest BCUT2D eigenvalue weighted by Crippen LogP contribution is -1.87. The lowest BCUT2D eigenvalue weighted by atomic mass is 10.1. The summed E-state index contributed by atoms with van der Waals surface area (Å²) in [7, 11) is 0. The van der Waals surface area contributed by atoms with Crippen molar-refractivity contribution in [3.05, 3.63) is 53.0 Å². The standard InChI is InChI=1S/C13H10ClN3O/c14-9-3-1-8(2-4-9)5-12-17-13-11(18-12)6-10(15)7-16-13/h1-4,6-7H,5,15H2. The minimum Gasteiger partial charge on any atom is -0.438 e. The van der Waals surface area contributed by atoms with Crippen LogP contribution in [-0.2, 0) is 6.42 Å². The van der Waals surface area contributed by atoms with E-state index in [1.54, 1.807) is 12.3 Å². The van der Waals surface area contributed by atoms with E-state index in [-0.39, 0.29) is 0 Å². The first-order valence-electron chi connectivity index (χ1n) is 5.46. The first-order chi connectivity index (χ1) is 8.70. The molecular formula is C13H10ClN3O. The minimum absolute atomic E-state index is 0.566. The first kappa shape index (κ1) is 11.0. The minimum atomic E-state index is 0.566. The van der Waals surface area contributed by atoms with Crippen LogP contribution in [0.2, 0.25) is 5.02 Å². The van der Waals surface area contributed by atoms with Crippen molar-refractivity contribution >= 4 is 28.5 Å². The van der Waals surface area contributed by atoms with E-state index in [1.807, 2.05) is 24.3 Å². The van der Waals surface area contributed by atoms with Gasteiger partial charge in [-0.2, -0.15) is 4.98 Å². The number of nitrogens with zero attached hydrogens (tertiary/aromatic N) is 2. The molecule has 0 amide bonds. The third-order valence-electron chi connectivity index (χ3n) is 2.58. The van der Waals surface area contributed by atoms with Gasteiger partial charge in [0.15, 0.2) is 11.2 Å². The van der Waals surface area contributed by atoms with Gasteiger partial charge in [0, 0.05) is 17.5 Å². The topological polar surface area (TPSA) is 64.9 Å². The molecule has 2 heterocycles. The molecule has 4 nitrogen and oxygen atoms in total. The average Bonchev–Trinajstić information content (AvgIpc) is 2.73. The molecule has 0 saturated heterocycles. The number of pyridine rings is 1. The van der Waals surface area contributed by atoms with Crippen LogP contribution in [0.15, 0.2) is 40.9 Å². The highest BCUT2D eigenvalue weighted by Crippen LogP contribution is 2.18. The Morgan fingerprint density at radius 2 is 2.00 bits per heavy atom. The fourth-order valence-electron chi connectivity index (χ4n) is 1.73. The monoisotopic (exact) mass is 259 g/mol.